The van der Waals surface area contributed by atoms with E-state index in [0.717, 1.165) is 5.69 Å². The lowest BCUT2D eigenvalue weighted by atomic mass is 9.67. The second-order valence-electron chi connectivity index (χ2n) is 11.8. The number of nitrogens with zero attached hydrogens (tertiary/aromatic N) is 1. The zero-order valence-electron chi connectivity index (χ0n) is 24.7. The van der Waals surface area contributed by atoms with E-state index in [2.05, 4.69) is 170 Å². The molecule has 9 rings (SSSR count). The number of aromatic nitrogens is 1. The van der Waals surface area contributed by atoms with Crippen LogP contribution in [0.15, 0.2) is 176 Å². The summed E-state index contributed by atoms with van der Waals surface area (Å²) in [5.74, 6) is 0. The molecule has 1 heteroatoms. The maximum absolute atomic E-state index is 5.21. The molecule has 1 aromatic heterocycles. The molecule has 0 spiro atoms. The average Bonchev–Trinajstić information content (AvgIpc) is 3.43. The molecule has 0 unspecified atom stereocenters. The molecule has 1 heterocycles. The fourth-order valence-corrected chi connectivity index (χ4v) is 7.87. The molecule has 210 valence electrons. The molecular formula is C44H29N. The number of pyridine rings is 1. The van der Waals surface area contributed by atoms with Gasteiger partial charge in [0.2, 0.25) is 0 Å². The van der Waals surface area contributed by atoms with E-state index in [1.54, 1.807) is 0 Å². The summed E-state index contributed by atoms with van der Waals surface area (Å²) >= 11 is 0. The van der Waals surface area contributed by atoms with Gasteiger partial charge in [0.1, 0.15) is 0 Å². The molecular weight excluding hydrogens is 542 g/mol. The lowest BCUT2D eigenvalue weighted by Crippen LogP contribution is -2.28. The van der Waals surface area contributed by atoms with Gasteiger partial charge in [-0.2, -0.15) is 0 Å². The van der Waals surface area contributed by atoms with Crippen molar-refractivity contribution in [3.05, 3.63) is 198 Å². The van der Waals surface area contributed by atoms with Gasteiger partial charge in [-0.05, 0) is 66.7 Å². The fraction of sp³-hybridized carbons (Fsp3) is 0.0227. The Morgan fingerprint density at radius 3 is 1.47 bits per heavy atom. The van der Waals surface area contributed by atoms with Crippen molar-refractivity contribution in [1.82, 2.24) is 4.98 Å². The van der Waals surface area contributed by atoms with Crippen LogP contribution in [0.5, 0.6) is 0 Å². The Labute approximate surface area is 263 Å². The van der Waals surface area contributed by atoms with E-state index in [9.17, 15) is 0 Å². The predicted molar refractivity (Wildman–Crippen MR) is 187 cm³/mol. The quantitative estimate of drug-likeness (QED) is 0.192. The first kappa shape index (κ1) is 25.7. The van der Waals surface area contributed by atoms with Gasteiger partial charge >= 0.3 is 0 Å². The van der Waals surface area contributed by atoms with Crippen molar-refractivity contribution in [1.29, 1.82) is 0 Å². The van der Waals surface area contributed by atoms with Crippen molar-refractivity contribution in [2.24, 2.45) is 0 Å². The lowest BCUT2D eigenvalue weighted by Gasteiger charge is -2.33. The number of benzene rings is 7. The summed E-state index contributed by atoms with van der Waals surface area (Å²) in [6, 6.07) is 61.7. The molecule has 0 amide bonds. The van der Waals surface area contributed by atoms with Crippen LogP contribution in [-0.2, 0) is 5.41 Å². The first-order valence-electron chi connectivity index (χ1n) is 15.6. The fourth-order valence-electron chi connectivity index (χ4n) is 7.87. The van der Waals surface area contributed by atoms with Gasteiger partial charge in [-0.15, -0.1) is 0 Å². The summed E-state index contributed by atoms with van der Waals surface area (Å²) in [5.41, 5.74) is 11.7. The van der Waals surface area contributed by atoms with Gasteiger partial charge in [-0.1, -0.05) is 164 Å². The third-order valence-corrected chi connectivity index (χ3v) is 9.58. The number of hydrogen-bond donors (Lipinski definition) is 0. The van der Waals surface area contributed by atoms with Crippen LogP contribution in [0, 0.1) is 0 Å². The van der Waals surface area contributed by atoms with E-state index in [0.29, 0.717) is 0 Å². The highest BCUT2D eigenvalue weighted by atomic mass is 14.7. The van der Waals surface area contributed by atoms with Crippen molar-refractivity contribution < 1.29 is 0 Å². The van der Waals surface area contributed by atoms with Gasteiger partial charge in [0.05, 0.1) is 11.1 Å². The standard InChI is InChI=1S/C44H29N/c1-5-16-30(17-6-1)39-34-24-13-14-25-35(34)40(31-18-7-2-8-19-31)41-36(39)27-28-37-42(41)43-38(26-15-29-45-43)44(37,32-20-9-3-10-21-32)33-22-11-4-12-23-33/h1-29H. The van der Waals surface area contributed by atoms with Crippen LogP contribution in [0.3, 0.4) is 0 Å². The second kappa shape index (κ2) is 10.1. The molecule has 1 aliphatic rings. The maximum Gasteiger partial charge on any atom is 0.0759 e. The molecule has 0 radical (unpaired) electrons. The van der Waals surface area contributed by atoms with Crippen molar-refractivity contribution >= 4 is 21.5 Å². The van der Waals surface area contributed by atoms with Crippen LogP contribution < -0.4 is 0 Å². The highest BCUT2D eigenvalue weighted by molar-refractivity contribution is 6.25. The maximum atomic E-state index is 5.21. The molecule has 0 fully saturated rings. The molecule has 7 aromatic carbocycles. The molecule has 45 heavy (non-hydrogen) atoms. The van der Waals surface area contributed by atoms with E-state index in [1.165, 1.54) is 71.6 Å². The van der Waals surface area contributed by atoms with Gasteiger partial charge in [0, 0.05) is 17.1 Å². The number of fused-ring (bicyclic) bond motifs is 6. The molecule has 0 bridgehead atoms. The summed E-state index contributed by atoms with van der Waals surface area (Å²) in [7, 11) is 0. The SMILES string of the molecule is c1ccc(-c2c3ccccc3c(-c3ccccc3)c3c4c(ccc23)C(c2ccccc2)(c2ccccc2)c2cccnc2-4)cc1. The molecule has 0 atom stereocenters. The van der Waals surface area contributed by atoms with Crippen molar-refractivity contribution in [2.75, 3.05) is 0 Å². The van der Waals surface area contributed by atoms with Gasteiger partial charge in [0.25, 0.3) is 0 Å². The van der Waals surface area contributed by atoms with Crippen molar-refractivity contribution in [2.45, 2.75) is 5.41 Å². The summed E-state index contributed by atoms with van der Waals surface area (Å²) in [4.78, 5) is 5.21. The molecule has 0 saturated heterocycles. The minimum Gasteiger partial charge on any atom is -0.256 e. The van der Waals surface area contributed by atoms with E-state index in [1.807, 2.05) is 6.20 Å². The Morgan fingerprint density at radius 2 is 0.867 bits per heavy atom. The van der Waals surface area contributed by atoms with Crippen molar-refractivity contribution in [3.63, 3.8) is 0 Å². The van der Waals surface area contributed by atoms with Crippen molar-refractivity contribution in [3.8, 4) is 33.5 Å². The second-order valence-corrected chi connectivity index (χ2v) is 11.8. The molecule has 8 aromatic rings. The van der Waals surface area contributed by atoms with E-state index in [4.69, 9.17) is 4.98 Å². The highest BCUT2D eigenvalue weighted by Gasteiger charge is 2.47. The van der Waals surface area contributed by atoms with Crippen LogP contribution in [0.2, 0.25) is 0 Å². The minimum atomic E-state index is -0.512. The molecule has 0 saturated carbocycles. The van der Waals surface area contributed by atoms with Crippen LogP contribution in [0.25, 0.3) is 55.1 Å². The zero-order valence-corrected chi connectivity index (χ0v) is 24.7. The summed E-state index contributed by atoms with van der Waals surface area (Å²) < 4.78 is 0. The first-order valence-corrected chi connectivity index (χ1v) is 15.6. The summed E-state index contributed by atoms with van der Waals surface area (Å²) in [6.07, 6.45) is 1.95. The molecule has 0 aliphatic heterocycles. The van der Waals surface area contributed by atoms with Gasteiger partial charge in [-0.3, -0.25) is 4.98 Å². The highest BCUT2D eigenvalue weighted by Crippen LogP contribution is 2.59. The Morgan fingerprint density at radius 1 is 0.356 bits per heavy atom. The number of hydrogen-bond acceptors (Lipinski definition) is 1. The Balaban J connectivity index is 1.56. The molecule has 1 aliphatic carbocycles. The predicted octanol–water partition coefficient (Wildman–Crippen LogP) is 11.1. The smallest absolute Gasteiger partial charge is 0.0759 e. The first-order chi connectivity index (χ1) is 22.4. The van der Waals surface area contributed by atoms with Gasteiger partial charge in [0.15, 0.2) is 0 Å². The Bertz CT molecular complexity index is 2300. The normalized spacial score (nSPS) is 13.1. The minimum absolute atomic E-state index is 0.512. The molecule has 0 N–H and O–H groups in total. The van der Waals surface area contributed by atoms with Crippen LogP contribution >= 0.6 is 0 Å². The zero-order chi connectivity index (χ0) is 29.8. The Kier molecular flexibility index (Phi) is 5.79. The third kappa shape index (κ3) is 3.65. The van der Waals surface area contributed by atoms with Crippen LogP contribution in [0.1, 0.15) is 22.3 Å². The van der Waals surface area contributed by atoms with Crippen LogP contribution in [-0.4, -0.2) is 4.98 Å². The largest absolute Gasteiger partial charge is 0.256 e. The lowest BCUT2D eigenvalue weighted by molar-refractivity contribution is 0.767. The van der Waals surface area contributed by atoms with Crippen LogP contribution in [0.4, 0.5) is 0 Å². The molecule has 1 nitrogen and oxygen atoms in total. The van der Waals surface area contributed by atoms with E-state index >= 15 is 0 Å². The van der Waals surface area contributed by atoms with Gasteiger partial charge < -0.3 is 0 Å². The third-order valence-electron chi connectivity index (χ3n) is 9.58. The van der Waals surface area contributed by atoms with Gasteiger partial charge in [-0.25, -0.2) is 0 Å². The van der Waals surface area contributed by atoms with E-state index in [-0.39, 0.29) is 0 Å². The summed E-state index contributed by atoms with van der Waals surface area (Å²) in [6.45, 7) is 0. The average molecular weight is 572 g/mol. The monoisotopic (exact) mass is 571 g/mol. The van der Waals surface area contributed by atoms with E-state index < -0.39 is 5.41 Å². The Hall–Kier alpha value is -5.79. The number of rotatable bonds is 4. The summed E-state index contributed by atoms with van der Waals surface area (Å²) in [5, 5.41) is 5.00. The topological polar surface area (TPSA) is 12.9 Å².